The Kier molecular flexibility index (Phi) is 1.66. The van der Waals surface area contributed by atoms with E-state index in [0.29, 0.717) is 6.10 Å². The Hall–Kier alpha value is -0.0800. The lowest BCUT2D eigenvalue weighted by Gasteiger charge is -2.36. The molecule has 3 aliphatic rings. The Labute approximate surface area is 73.7 Å². The van der Waals surface area contributed by atoms with E-state index < -0.39 is 0 Å². The third-order valence-corrected chi connectivity index (χ3v) is 3.96. The molecule has 0 spiro atoms. The summed E-state index contributed by atoms with van der Waals surface area (Å²) in [5.74, 6) is 1.85. The van der Waals surface area contributed by atoms with Crippen LogP contribution in [-0.4, -0.2) is 25.3 Å². The average Bonchev–Trinajstić information content (AvgIpc) is 2.71. The van der Waals surface area contributed by atoms with E-state index in [2.05, 4.69) is 5.32 Å². The van der Waals surface area contributed by atoms with Gasteiger partial charge >= 0.3 is 0 Å². The zero-order valence-electron chi connectivity index (χ0n) is 7.46. The molecule has 0 aromatic heterocycles. The Morgan fingerprint density at radius 3 is 3.08 bits per heavy atom. The summed E-state index contributed by atoms with van der Waals surface area (Å²) >= 11 is 0. The fourth-order valence-electron chi connectivity index (χ4n) is 3.39. The summed E-state index contributed by atoms with van der Waals surface area (Å²) < 4.78 is 5.70. The minimum Gasteiger partial charge on any atom is -0.377 e. The number of ether oxygens (including phenoxy) is 1. The van der Waals surface area contributed by atoms with Gasteiger partial charge in [-0.2, -0.15) is 0 Å². The van der Waals surface area contributed by atoms with E-state index in [1.54, 1.807) is 0 Å². The molecule has 1 aliphatic carbocycles. The molecular formula is C10H17NO. The molecule has 0 amide bonds. The van der Waals surface area contributed by atoms with Crippen molar-refractivity contribution < 1.29 is 4.74 Å². The first-order valence-corrected chi connectivity index (χ1v) is 5.30. The maximum atomic E-state index is 5.70. The molecule has 0 aromatic rings. The van der Waals surface area contributed by atoms with Crippen molar-refractivity contribution in [3.05, 3.63) is 0 Å². The van der Waals surface area contributed by atoms with Crippen LogP contribution >= 0.6 is 0 Å². The van der Waals surface area contributed by atoms with Gasteiger partial charge < -0.3 is 10.1 Å². The van der Waals surface area contributed by atoms with E-state index in [1.807, 2.05) is 0 Å². The van der Waals surface area contributed by atoms with E-state index in [4.69, 9.17) is 4.74 Å². The topological polar surface area (TPSA) is 21.3 Å². The zero-order valence-corrected chi connectivity index (χ0v) is 7.46. The van der Waals surface area contributed by atoms with Crippen molar-refractivity contribution in [1.29, 1.82) is 0 Å². The largest absolute Gasteiger partial charge is 0.377 e. The first-order valence-electron chi connectivity index (χ1n) is 5.30. The summed E-state index contributed by atoms with van der Waals surface area (Å²) in [5, 5.41) is 3.63. The van der Waals surface area contributed by atoms with E-state index in [-0.39, 0.29) is 0 Å². The van der Waals surface area contributed by atoms with Gasteiger partial charge in [0.05, 0.1) is 6.10 Å². The number of piperidine rings is 1. The Balaban J connectivity index is 1.81. The van der Waals surface area contributed by atoms with E-state index in [1.165, 1.54) is 25.7 Å². The van der Waals surface area contributed by atoms with Crippen LogP contribution in [0.4, 0.5) is 0 Å². The molecule has 1 N–H and O–H groups in total. The normalized spacial score (nSPS) is 52.0. The smallest absolute Gasteiger partial charge is 0.0731 e. The highest BCUT2D eigenvalue weighted by atomic mass is 16.5. The molecular weight excluding hydrogens is 150 g/mol. The van der Waals surface area contributed by atoms with Crippen molar-refractivity contribution in [2.24, 2.45) is 11.8 Å². The van der Waals surface area contributed by atoms with Gasteiger partial charge in [0.25, 0.3) is 0 Å². The molecule has 0 bridgehead atoms. The van der Waals surface area contributed by atoms with Crippen molar-refractivity contribution in [2.75, 3.05) is 13.2 Å². The molecule has 4 atom stereocenters. The fourth-order valence-corrected chi connectivity index (χ4v) is 3.39. The second kappa shape index (κ2) is 2.71. The summed E-state index contributed by atoms with van der Waals surface area (Å²) in [6, 6.07) is 0.841. The van der Waals surface area contributed by atoms with Crippen LogP contribution in [0.15, 0.2) is 0 Å². The highest BCUT2D eigenvalue weighted by molar-refractivity contribution is 4.97. The van der Waals surface area contributed by atoms with Crippen LogP contribution in [0.1, 0.15) is 25.7 Å². The quantitative estimate of drug-likeness (QED) is 0.584. The van der Waals surface area contributed by atoms with Crippen LogP contribution in [0.25, 0.3) is 0 Å². The van der Waals surface area contributed by atoms with Crippen molar-refractivity contribution in [3.8, 4) is 0 Å². The highest BCUT2D eigenvalue weighted by Crippen LogP contribution is 2.41. The standard InChI is InChI=1S/C10H17NO/c1-2-7-8-4-5-12-10(8)6-11-9(7)3-1/h7-11H,1-6H2. The molecule has 2 heteroatoms. The van der Waals surface area contributed by atoms with Crippen LogP contribution < -0.4 is 5.32 Å². The molecule has 1 saturated carbocycles. The Morgan fingerprint density at radius 2 is 2.08 bits per heavy atom. The van der Waals surface area contributed by atoms with E-state index >= 15 is 0 Å². The van der Waals surface area contributed by atoms with Gasteiger partial charge in [-0.3, -0.25) is 0 Å². The van der Waals surface area contributed by atoms with Gasteiger partial charge in [0.2, 0.25) is 0 Å². The predicted octanol–water partition coefficient (Wildman–Crippen LogP) is 1.16. The summed E-state index contributed by atoms with van der Waals surface area (Å²) in [5.41, 5.74) is 0. The van der Waals surface area contributed by atoms with Crippen LogP contribution in [-0.2, 0) is 4.74 Å². The van der Waals surface area contributed by atoms with Crippen LogP contribution in [0.2, 0.25) is 0 Å². The molecule has 68 valence electrons. The van der Waals surface area contributed by atoms with E-state index in [0.717, 1.165) is 31.0 Å². The van der Waals surface area contributed by atoms with Crippen LogP contribution in [0, 0.1) is 11.8 Å². The third kappa shape index (κ3) is 0.944. The number of nitrogens with one attached hydrogen (secondary N) is 1. The van der Waals surface area contributed by atoms with Crippen LogP contribution in [0.5, 0.6) is 0 Å². The average molecular weight is 167 g/mol. The second-order valence-electron chi connectivity index (χ2n) is 4.47. The van der Waals surface area contributed by atoms with Crippen LogP contribution in [0.3, 0.4) is 0 Å². The van der Waals surface area contributed by atoms with Crippen molar-refractivity contribution in [3.63, 3.8) is 0 Å². The zero-order chi connectivity index (χ0) is 7.97. The van der Waals surface area contributed by atoms with Gasteiger partial charge in [0.15, 0.2) is 0 Å². The summed E-state index contributed by atoms with van der Waals surface area (Å²) in [6.07, 6.45) is 6.18. The molecule has 2 heterocycles. The first kappa shape index (κ1) is 7.34. The summed E-state index contributed by atoms with van der Waals surface area (Å²) in [4.78, 5) is 0. The number of fused-ring (bicyclic) bond motifs is 3. The fraction of sp³-hybridized carbons (Fsp3) is 1.00. The molecule has 0 radical (unpaired) electrons. The SMILES string of the molecule is C1CC2NCC3OCCC3C2C1. The number of hydrogen-bond donors (Lipinski definition) is 1. The molecule has 3 fully saturated rings. The van der Waals surface area contributed by atoms with Gasteiger partial charge in [0.1, 0.15) is 0 Å². The van der Waals surface area contributed by atoms with Gasteiger partial charge in [-0.05, 0) is 31.1 Å². The maximum absolute atomic E-state index is 5.70. The van der Waals surface area contributed by atoms with Gasteiger partial charge in [0, 0.05) is 19.2 Å². The lowest BCUT2D eigenvalue weighted by molar-refractivity contribution is 0.0449. The number of hydrogen-bond acceptors (Lipinski definition) is 2. The monoisotopic (exact) mass is 167 g/mol. The van der Waals surface area contributed by atoms with Crippen molar-refractivity contribution >= 4 is 0 Å². The molecule has 2 aliphatic heterocycles. The second-order valence-corrected chi connectivity index (χ2v) is 4.47. The molecule has 12 heavy (non-hydrogen) atoms. The Bertz CT molecular complexity index is 163. The lowest BCUT2D eigenvalue weighted by Crippen LogP contribution is -2.49. The maximum Gasteiger partial charge on any atom is 0.0731 e. The number of rotatable bonds is 0. The Morgan fingerprint density at radius 1 is 1.08 bits per heavy atom. The molecule has 2 nitrogen and oxygen atoms in total. The van der Waals surface area contributed by atoms with E-state index in [9.17, 15) is 0 Å². The van der Waals surface area contributed by atoms with Gasteiger partial charge in [-0.1, -0.05) is 6.42 Å². The van der Waals surface area contributed by atoms with Gasteiger partial charge in [-0.15, -0.1) is 0 Å². The minimum absolute atomic E-state index is 0.560. The highest BCUT2D eigenvalue weighted by Gasteiger charge is 2.44. The summed E-state index contributed by atoms with van der Waals surface area (Å²) in [6.45, 7) is 2.13. The first-order chi connectivity index (χ1) is 5.95. The molecule has 3 rings (SSSR count). The van der Waals surface area contributed by atoms with Crippen molar-refractivity contribution in [1.82, 2.24) is 5.32 Å². The third-order valence-electron chi connectivity index (χ3n) is 3.96. The molecule has 4 unspecified atom stereocenters. The van der Waals surface area contributed by atoms with Crippen molar-refractivity contribution in [2.45, 2.75) is 37.8 Å². The van der Waals surface area contributed by atoms with Gasteiger partial charge in [-0.25, -0.2) is 0 Å². The lowest BCUT2D eigenvalue weighted by atomic mass is 9.80. The summed E-state index contributed by atoms with van der Waals surface area (Å²) in [7, 11) is 0. The molecule has 0 aromatic carbocycles. The minimum atomic E-state index is 0.560. The predicted molar refractivity (Wildman–Crippen MR) is 47.0 cm³/mol. The molecule has 2 saturated heterocycles.